The molecule has 0 N–H and O–H groups in total. The molecule has 0 atom stereocenters. The lowest BCUT2D eigenvalue weighted by atomic mass is 10.1. The van der Waals surface area contributed by atoms with Crippen LogP contribution < -0.4 is 9.47 Å². The lowest BCUT2D eigenvalue weighted by molar-refractivity contribution is -0.143. The van der Waals surface area contributed by atoms with Crippen molar-refractivity contribution in [1.29, 1.82) is 0 Å². The molecule has 0 saturated carbocycles. The monoisotopic (exact) mass is 353 g/mol. The maximum Gasteiger partial charge on any atom is 0.433 e. The summed E-state index contributed by atoms with van der Waals surface area (Å²) in [7, 11) is 0. The molecule has 0 radical (unpaired) electrons. The largest absolute Gasteiger partial charge is 0.482 e. The number of carbonyl (C=O) groups is 1. The topological polar surface area (TPSA) is 64.5 Å². The number of hydrogen-bond donors (Lipinski definition) is 0. The van der Waals surface area contributed by atoms with Crippen molar-refractivity contribution >= 4 is 5.91 Å². The molecule has 2 aromatic rings. The van der Waals surface area contributed by atoms with Crippen LogP contribution >= 0.6 is 0 Å². The predicted octanol–water partition coefficient (Wildman–Crippen LogP) is 2.16. The Bertz CT molecular complexity index is 734. The van der Waals surface area contributed by atoms with Gasteiger partial charge in [-0.05, 0) is 18.2 Å². The van der Waals surface area contributed by atoms with Crippen LogP contribution in [-0.2, 0) is 11.0 Å². The quantitative estimate of drug-likeness (QED) is 0.824. The molecule has 1 aliphatic rings. The van der Waals surface area contributed by atoms with Gasteiger partial charge in [-0.2, -0.15) is 13.2 Å². The van der Waals surface area contributed by atoms with Gasteiger partial charge in [0.15, 0.2) is 6.61 Å². The molecule has 6 nitrogen and oxygen atoms in total. The molecule has 0 aromatic carbocycles. The number of likely N-dealkylation sites (tertiary alicyclic amines) is 1. The van der Waals surface area contributed by atoms with Crippen molar-refractivity contribution in [2.75, 3.05) is 19.7 Å². The number of pyridine rings is 2. The zero-order valence-corrected chi connectivity index (χ0v) is 12.9. The molecule has 1 fully saturated rings. The number of nitrogens with zero attached hydrogens (tertiary/aromatic N) is 3. The van der Waals surface area contributed by atoms with Crippen LogP contribution in [0.5, 0.6) is 11.6 Å². The fourth-order valence-electron chi connectivity index (χ4n) is 2.19. The smallest absolute Gasteiger partial charge is 0.433 e. The van der Waals surface area contributed by atoms with Crippen molar-refractivity contribution in [3.8, 4) is 11.6 Å². The molecule has 0 unspecified atom stereocenters. The number of amides is 1. The van der Waals surface area contributed by atoms with Gasteiger partial charge in [0, 0.05) is 12.3 Å². The highest BCUT2D eigenvalue weighted by molar-refractivity contribution is 5.78. The van der Waals surface area contributed by atoms with E-state index in [1.807, 2.05) is 0 Å². The third kappa shape index (κ3) is 4.37. The van der Waals surface area contributed by atoms with Gasteiger partial charge < -0.3 is 14.4 Å². The predicted molar refractivity (Wildman–Crippen MR) is 80.0 cm³/mol. The van der Waals surface area contributed by atoms with Crippen LogP contribution in [0.15, 0.2) is 42.7 Å². The summed E-state index contributed by atoms with van der Waals surface area (Å²) in [5.41, 5.74) is -1.01. The SMILES string of the molecule is O=C(COc1cccnc1)N1CC(Oc2cccc(C(F)(F)F)n2)C1. The summed E-state index contributed by atoms with van der Waals surface area (Å²) >= 11 is 0. The van der Waals surface area contributed by atoms with Gasteiger partial charge >= 0.3 is 6.18 Å². The maximum absolute atomic E-state index is 12.6. The summed E-state index contributed by atoms with van der Waals surface area (Å²) in [5.74, 6) is 0.136. The average molecular weight is 353 g/mol. The van der Waals surface area contributed by atoms with Crippen LogP contribution in [0.4, 0.5) is 13.2 Å². The van der Waals surface area contributed by atoms with Crippen LogP contribution in [0, 0.1) is 0 Å². The van der Waals surface area contributed by atoms with Gasteiger partial charge in [0.05, 0.1) is 19.3 Å². The summed E-state index contributed by atoms with van der Waals surface area (Å²) in [4.78, 5) is 20.7. The summed E-state index contributed by atoms with van der Waals surface area (Å²) < 4.78 is 48.5. The Kier molecular flexibility index (Phi) is 4.73. The second-order valence-electron chi connectivity index (χ2n) is 5.37. The molecule has 3 rings (SSSR count). The van der Waals surface area contributed by atoms with Crippen LogP contribution in [0.25, 0.3) is 0 Å². The number of carbonyl (C=O) groups excluding carboxylic acids is 1. The zero-order valence-electron chi connectivity index (χ0n) is 12.9. The van der Waals surface area contributed by atoms with E-state index >= 15 is 0 Å². The average Bonchev–Trinajstić information content (AvgIpc) is 2.56. The van der Waals surface area contributed by atoms with Crippen LogP contribution in [-0.4, -0.2) is 46.6 Å². The van der Waals surface area contributed by atoms with Crippen molar-refractivity contribution in [1.82, 2.24) is 14.9 Å². The fraction of sp³-hybridized carbons (Fsp3) is 0.312. The second kappa shape index (κ2) is 6.96. The van der Waals surface area contributed by atoms with E-state index in [1.165, 1.54) is 23.2 Å². The molecule has 9 heteroatoms. The van der Waals surface area contributed by atoms with Crippen molar-refractivity contribution in [2.24, 2.45) is 0 Å². The Balaban J connectivity index is 1.46. The first-order valence-corrected chi connectivity index (χ1v) is 7.43. The number of hydrogen-bond acceptors (Lipinski definition) is 5. The summed E-state index contributed by atoms with van der Waals surface area (Å²) in [6.07, 6.45) is -1.83. The number of alkyl halides is 3. The molecule has 0 bridgehead atoms. The highest BCUT2D eigenvalue weighted by Gasteiger charge is 2.35. The standard InChI is InChI=1S/C16H14F3N3O3/c17-16(18,19)13-4-1-5-14(21-13)25-12-8-22(9-12)15(23)10-24-11-3-2-6-20-7-11/h1-7,12H,8-10H2. The molecule has 132 valence electrons. The molecule has 2 aromatic heterocycles. The lowest BCUT2D eigenvalue weighted by Crippen LogP contribution is -2.57. The van der Waals surface area contributed by atoms with Gasteiger partial charge in [-0.25, -0.2) is 4.98 Å². The summed E-state index contributed by atoms with van der Waals surface area (Å²) in [6.45, 7) is 0.403. The minimum Gasteiger partial charge on any atom is -0.482 e. The van der Waals surface area contributed by atoms with Crippen LogP contribution in [0.2, 0.25) is 0 Å². The first-order chi connectivity index (χ1) is 11.9. The zero-order chi connectivity index (χ0) is 17.9. The van der Waals surface area contributed by atoms with Crippen molar-refractivity contribution in [3.63, 3.8) is 0 Å². The Hall–Kier alpha value is -2.84. The Labute approximate surface area is 141 Å². The molecule has 0 spiro atoms. The van der Waals surface area contributed by atoms with Gasteiger partial charge in [0.25, 0.3) is 5.91 Å². The van der Waals surface area contributed by atoms with Gasteiger partial charge in [-0.1, -0.05) is 6.07 Å². The van der Waals surface area contributed by atoms with E-state index in [9.17, 15) is 18.0 Å². The van der Waals surface area contributed by atoms with Crippen LogP contribution in [0.1, 0.15) is 5.69 Å². The number of halogens is 3. The van der Waals surface area contributed by atoms with Crippen molar-refractivity contribution in [3.05, 3.63) is 48.4 Å². The molecule has 0 aliphatic carbocycles. The Morgan fingerprint density at radius 3 is 2.72 bits per heavy atom. The fourth-order valence-corrected chi connectivity index (χ4v) is 2.19. The number of aromatic nitrogens is 2. The maximum atomic E-state index is 12.6. The first-order valence-electron chi connectivity index (χ1n) is 7.43. The first kappa shape index (κ1) is 17.0. The van der Waals surface area contributed by atoms with E-state index in [0.29, 0.717) is 5.75 Å². The van der Waals surface area contributed by atoms with Crippen molar-refractivity contribution in [2.45, 2.75) is 12.3 Å². The summed E-state index contributed by atoms with van der Waals surface area (Å²) in [6, 6.07) is 6.83. The third-order valence-corrected chi connectivity index (χ3v) is 3.50. The molecular formula is C16H14F3N3O3. The molecule has 1 aliphatic heterocycles. The van der Waals surface area contributed by atoms with Gasteiger partial charge in [-0.3, -0.25) is 9.78 Å². The molecule has 25 heavy (non-hydrogen) atoms. The number of ether oxygens (including phenoxy) is 2. The molecule has 1 saturated heterocycles. The number of rotatable bonds is 5. The van der Waals surface area contributed by atoms with E-state index < -0.39 is 18.0 Å². The Morgan fingerprint density at radius 2 is 2.04 bits per heavy atom. The normalized spacial score (nSPS) is 14.8. The van der Waals surface area contributed by atoms with E-state index in [-0.39, 0.29) is 31.5 Å². The lowest BCUT2D eigenvalue weighted by Gasteiger charge is -2.38. The van der Waals surface area contributed by atoms with Crippen LogP contribution in [0.3, 0.4) is 0 Å². The molecule has 1 amide bonds. The van der Waals surface area contributed by atoms with Gasteiger partial charge in [-0.15, -0.1) is 0 Å². The van der Waals surface area contributed by atoms with E-state index in [1.54, 1.807) is 18.3 Å². The van der Waals surface area contributed by atoms with E-state index in [0.717, 1.165) is 6.07 Å². The van der Waals surface area contributed by atoms with E-state index in [4.69, 9.17) is 9.47 Å². The second-order valence-corrected chi connectivity index (χ2v) is 5.37. The van der Waals surface area contributed by atoms with Crippen molar-refractivity contribution < 1.29 is 27.4 Å². The summed E-state index contributed by atoms with van der Waals surface area (Å²) in [5, 5.41) is 0. The van der Waals surface area contributed by atoms with Gasteiger partial charge in [0.1, 0.15) is 17.5 Å². The van der Waals surface area contributed by atoms with Gasteiger partial charge in [0.2, 0.25) is 5.88 Å². The third-order valence-electron chi connectivity index (χ3n) is 3.50. The minimum absolute atomic E-state index is 0.112. The highest BCUT2D eigenvalue weighted by Crippen LogP contribution is 2.29. The van der Waals surface area contributed by atoms with E-state index in [2.05, 4.69) is 9.97 Å². The minimum atomic E-state index is -4.52. The Morgan fingerprint density at radius 1 is 1.24 bits per heavy atom. The molecule has 3 heterocycles. The molecular weight excluding hydrogens is 339 g/mol. The highest BCUT2D eigenvalue weighted by atomic mass is 19.4.